The molecule has 4 heteroatoms. The molecule has 0 spiro atoms. The van der Waals surface area contributed by atoms with Gasteiger partial charge >= 0.3 is 0 Å². The lowest BCUT2D eigenvalue weighted by atomic mass is 10.0. The fourth-order valence-corrected chi connectivity index (χ4v) is 2.05. The van der Waals surface area contributed by atoms with E-state index in [1.54, 1.807) is 32.2 Å². The number of hydrogen-bond donors (Lipinski definition) is 1. The van der Waals surface area contributed by atoms with Crippen molar-refractivity contribution in [2.75, 3.05) is 0 Å². The number of halogens is 1. The first-order valence-corrected chi connectivity index (χ1v) is 6.63. The van der Waals surface area contributed by atoms with Gasteiger partial charge in [0.2, 0.25) is 5.91 Å². The Morgan fingerprint density at radius 2 is 2.00 bits per heavy atom. The van der Waals surface area contributed by atoms with Gasteiger partial charge in [-0.25, -0.2) is 4.39 Å². The highest BCUT2D eigenvalue weighted by molar-refractivity contribution is 5.86. The van der Waals surface area contributed by atoms with Crippen LogP contribution >= 0.6 is 0 Å². The fourth-order valence-electron chi connectivity index (χ4n) is 2.05. The molecule has 0 fully saturated rings. The SMILES string of the molecule is C=CC(=O)NCc1ccc(-c2cc(C)c(F)c(C)c2)nc1. The number of rotatable bonds is 4. The normalized spacial score (nSPS) is 10.2. The molecule has 0 saturated heterocycles. The summed E-state index contributed by atoms with van der Waals surface area (Å²) in [6.45, 7) is 7.28. The van der Waals surface area contributed by atoms with Crippen molar-refractivity contribution in [2.45, 2.75) is 20.4 Å². The molecule has 1 heterocycles. The van der Waals surface area contributed by atoms with Crippen LogP contribution in [0.25, 0.3) is 11.3 Å². The summed E-state index contributed by atoms with van der Waals surface area (Å²) < 4.78 is 13.6. The molecule has 0 saturated carbocycles. The van der Waals surface area contributed by atoms with Gasteiger partial charge in [0, 0.05) is 18.3 Å². The predicted octanol–water partition coefficient (Wildman–Crippen LogP) is 3.31. The standard InChI is InChI=1S/C17H17FN2O/c1-4-16(21)20-10-13-5-6-15(19-9-13)14-7-11(2)17(18)12(3)8-14/h4-9H,1,10H2,2-3H3,(H,20,21). The van der Waals surface area contributed by atoms with E-state index in [2.05, 4.69) is 16.9 Å². The third kappa shape index (κ3) is 3.54. The molecule has 0 radical (unpaired) electrons. The first kappa shape index (κ1) is 14.9. The number of carbonyl (C=O) groups excluding carboxylic acids is 1. The van der Waals surface area contributed by atoms with E-state index in [9.17, 15) is 9.18 Å². The Morgan fingerprint density at radius 1 is 1.33 bits per heavy atom. The van der Waals surface area contributed by atoms with Crippen molar-refractivity contribution in [1.82, 2.24) is 10.3 Å². The minimum atomic E-state index is -0.219. The van der Waals surface area contributed by atoms with Gasteiger partial charge in [-0.1, -0.05) is 12.6 Å². The Hall–Kier alpha value is -2.49. The number of hydrogen-bond acceptors (Lipinski definition) is 2. The highest BCUT2D eigenvalue weighted by atomic mass is 19.1. The van der Waals surface area contributed by atoms with Gasteiger partial charge in [0.25, 0.3) is 0 Å². The summed E-state index contributed by atoms with van der Waals surface area (Å²) in [6.07, 6.45) is 2.93. The zero-order valence-corrected chi connectivity index (χ0v) is 12.1. The molecule has 3 nitrogen and oxygen atoms in total. The molecule has 0 atom stereocenters. The minimum absolute atomic E-state index is 0.178. The van der Waals surface area contributed by atoms with Crippen LogP contribution in [0.15, 0.2) is 43.1 Å². The second-order valence-electron chi connectivity index (χ2n) is 4.90. The summed E-state index contributed by atoms with van der Waals surface area (Å²) in [5, 5.41) is 2.69. The molecule has 0 aliphatic rings. The zero-order valence-electron chi connectivity index (χ0n) is 12.1. The average molecular weight is 284 g/mol. The maximum absolute atomic E-state index is 13.6. The first-order chi connectivity index (χ1) is 10.0. The van der Waals surface area contributed by atoms with Crippen molar-refractivity contribution < 1.29 is 9.18 Å². The summed E-state index contributed by atoms with van der Waals surface area (Å²) >= 11 is 0. The first-order valence-electron chi connectivity index (χ1n) is 6.63. The van der Waals surface area contributed by atoms with Crippen molar-refractivity contribution in [1.29, 1.82) is 0 Å². The van der Waals surface area contributed by atoms with Crippen LogP contribution in [0.4, 0.5) is 4.39 Å². The second kappa shape index (κ2) is 6.31. The molecule has 2 rings (SSSR count). The number of nitrogens with one attached hydrogen (secondary N) is 1. The fraction of sp³-hybridized carbons (Fsp3) is 0.176. The number of nitrogens with zero attached hydrogens (tertiary/aromatic N) is 1. The van der Waals surface area contributed by atoms with Crippen LogP contribution in [0, 0.1) is 19.7 Å². The van der Waals surface area contributed by atoms with Crippen molar-refractivity contribution >= 4 is 5.91 Å². The monoisotopic (exact) mass is 284 g/mol. The predicted molar refractivity (Wildman–Crippen MR) is 81.1 cm³/mol. The second-order valence-corrected chi connectivity index (χ2v) is 4.90. The van der Waals surface area contributed by atoms with E-state index in [4.69, 9.17) is 0 Å². The van der Waals surface area contributed by atoms with Gasteiger partial charge in [-0.05, 0) is 54.8 Å². The minimum Gasteiger partial charge on any atom is -0.348 e. The third-order valence-corrected chi connectivity index (χ3v) is 3.21. The van der Waals surface area contributed by atoms with E-state index in [-0.39, 0.29) is 11.7 Å². The van der Waals surface area contributed by atoms with E-state index in [0.717, 1.165) is 16.8 Å². The summed E-state index contributed by atoms with van der Waals surface area (Å²) in [7, 11) is 0. The van der Waals surface area contributed by atoms with Gasteiger partial charge in [-0.15, -0.1) is 0 Å². The Morgan fingerprint density at radius 3 is 2.52 bits per heavy atom. The Bertz CT molecular complexity index is 655. The van der Waals surface area contributed by atoms with Crippen LogP contribution in [0.3, 0.4) is 0 Å². The third-order valence-electron chi connectivity index (χ3n) is 3.21. The molecule has 0 unspecified atom stereocenters. The van der Waals surface area contributed by atoms with E-state index in [0.29, 0.717) is 17.7 Å². The van der Waals surface area contributed by atoms with Crippen LogP contribution < -0.4 is 5.32 Å². The van der Waals surface area contributed by atoms with Gasteiger partial charge in [0.15, 0.2) is 0 Å². The van der Waals surface area contributed by atoms with Crippen molar-refractivity contribution in [2.24, 2.45) is 0 Å². The number of aromatic nitrogens is 1. The highest BCUT2D eigenvalue weighted by Crippen LogP contribution is 2.23. The molecular formula is C17H17FN2O. The van der Waals surface area contributed by atoms with E-state index >= 15 is 0 Å². The summed E-state index contributed by atoms with van der Waals surface area (Å²) in [5.41, 5.74) is 3.76. The summed E-state index contributed by atoms with van der Waals surface area (Å²) in [5.74, 6) is -0.397. The molecule has 21 heavy (non-hydrogen) atoms. The van der Waals surface area contributed by atoms with Crippen molar-refractivity contribution in [3.63, 3.8) is 0 Å². The molecule has 1 aromatic heterocycles. The Balaban J connectivity index is 2.19. The number of amides is 1. The van der Waals surface area contributed by atoms with Gasteiger partial charge in [-0.3, -0.25) is 9.78 Å². The van der Waals surface area contributed by atoms with Crippen LogP contribution in [-0.2, 0) is 11.3 Å². The van der Waals surface area contributed by atoms with Crippen LogP contribution in [-0.4, -0.2) is 10.9 Å². The largest absolute Gasteiger partial charge is 0.348 e. The summed E-state index contributed by atoms with van der Waals surface area (Å²) in [6, 6.07) is 7.31. The van der Waals surface area contributed by atoms with Gasteiger partial charge < -0.3 is 5.32 Å². The zero-order chi connectivity index (χ0) is 15.4. The van der Waals surface area contributed by atoms with E-state index in [1.807, 2.05) is 12.1 Å². The molecule has 1 amide bonds. The van der Waals surface area contributed by atoms with Gasteiger partial charge in [0.05, 0.1) is 5.69 Å². The topological polar surface area (TPSA) is 42.0 Å². The van der Waals surface area contributed by atoms with Crippen molar-refractivity contribution in [3.05, 3.63) is 65.6 Å². The Labute approximate surface area is 123 Å². The van der Waals surface area contributed by atoms with Crippen LogP contribution in [0.2, 0.25) is 0 Å². The number of aryl methyl sites for hydroxylation is 2. The molecule has 0 bridgehead atoms. The molecule has 1 aromatic carbocycles. The van der Waals surface area contributed by atoms with Gasteiger partial charge in [-0.2, -0.15) is 0 Å². The smallest absolute Gasteiger partial charge is 0.243 e. The quantitative estimate of drug-likeness (QED) is 0.875. The van der Waals surface area contributed by atoms with E-state index < -0.39 is 0 Å². The molecule has 1 N–H and O–H groups in total. The molecule has 108 valence electrons. The van der Waals surface area contributed by atoms with E-state index in [1.165, 1.54) is 6.08 Å². The molecular weight excluding hydrogens is 267 g/mol. The lowest BCUT2D eigenvalue weighted by molar-refractivity contribution is -0.116. The maximum Gasteiger partial charge on any atom is 0.243 e. The number of carbonyl (C=O) groups is 1. The molecule has 2 aromatic rings. The average Bonchev–Trinajstić information content (AvgIpc) is 2.50. The maximum atomic E-state index is 13.6. The lowest BCUT2D eigenvalue weighted by Crippen LogP contribution is -2.19. The number of pyridine rings is 1. The van der Waals surface area contributed by atoms with Crippen LogP contribution in [0.5, 0.6) is 0 Å². The van der Waals surface area contributed by atoms with Crippen LogP contribution in [0.1, 0.15) is 16.7 Å². The summed E-state index contributed by atoms with van der Waals surface area (Å²) in [4.78, 5) is 15.5. The molecule has 0 aliphatic heterocycles. The Kier molecular flexibility index (Phi) is 4.48. The highest BCUT2D eigenvalue weighted by Gasteiger charge is 2.07. The van der Waals surface area contributed by atoms with Crippen molar-refractivity contribution in [3.8, 4) is 11.3 Å². The number of benzene rings is 1. The lowest BCUT2D eigenvalue weighted by Gasteiger charge is -2.08. The van der Waals surface area contributed by atoms with Gasteiger partial charge in [0.1, 0.15) is 5.82 Å². The molecule has 0 aliphatic carbocycles.